The van der Waals surface area contributed by atoms with E-state index in [0.29, 0.717) is 0 Å². The average molecular weight is 476 g/mol. The summed E-state index contributed by atoms with van der Waals surface area (Å²) in [6.07, 6.45) is -0.716. The van der Waals surface area contributed by atoms with E-state index in [-0.39, 0.29) is 30.6 Å². The Kier molecular flexibility index (Phi) is 6.79. The van der Waals surface area contributed by atoms with Gasteiger partial charge < -0.3 is 19.9 Å². The molecule has 1 unspecified atom stereocenters. The second kappa shape index (κ2) is 9.94. The van der Waals surface area contributed by atoms with Crippen LogP contribution in [0.5, 0.6) is 0 Å². The minimum Gasteiger partial charge on any atom is -0.479 e. The van der Waals surface area contributed by atoms with Crippen LogP contribution in [-0.2, 0) is 14.3 Å². The lowest BCUT2D eigenvalue weighted by Crippen LogP contribution is -2.55. The number of carboxylic acid groups (broad SMARTS) is 1. The molecule has 180 valence electrons. The van der Waals surface area contributed by atoms with Gasteiger partial charge in [-0.2, -0.15) is 0 Å². The van der Waals surface area contributed by atoms with Crippen molar-refractivity contribution in [1.29, 1.82) is 0 Å². The lowest BCUT2D eigenvalue weighted by Gasteiger charge is -2.25. The van der Waals surface area contributed by atoms with Crippen molar-refractivity contribution in [3.63, 3.8) is 0 Å². The van der Waals surface area contributed by atoms with Gasteiger partial charge in [0.2, 0.25) is 0 Å². The molecule has 3 aromatic rings. The van der Waals surface area contributed by atoms with Gasteiger partial charge in [0, 0.05) is 13.0 Å². The number of aliphatic carboxylic acids is 1. The minimum absolute atomic E-state index is 0.0648. The predicted molar refractivity (Wildman–Crippen MR) is 128 cm³/mol. The SMILES string of the molecule is COCC(C)(NC(=O)c1cccc(NC(=O)OCC2c3ccccc3-c3ccccc32)n1)C(=O)O. The van der Waals surface area contributed by atoms with Crippen molar-refractivity contribution in [2.24, 2.45) is 0 Å². The molecule has 4 rings (SSSR count). The molecule has 0 aliphatic heterocycles. The van der Waals surface area contributed by atoms with Crippen LogP contribution in [0, 0.1) is 0 Å². The molecule has 0 radical (unpaired) electrons. The molecule has 2 amide bonds. The first-order valence-corrected chi connectivity index (χ1v) is 11.0. The van der Waals surface area contributed by atoms with E-state index in [1.54, 1.807) is 0 Å². The molecule has 1 aromatic heterocycles. The Bertz CT molecular complexity index is 1230. The van der Waals surface area contributed by atoms with E-state index in [4.69, 9.17) is 9.47 Å². The number of carbonyl (C=O) groups excluding carboxylic acids is 2. The van der Waals surface area contributed by atoms with Crippen LogP contribution in [-0.4, -0.2) is 53.9 Å². The van der Waals surface area contributed by atoms with Crippen molar-refractivity contribution in [3.8, 4) is 11.1 Å². The van der Waals surface area contributed by atoms with E-state index in [2.05, 4.69) is 27.8 Å². The van der Waals surface area contributed by atoms with Crippen LogP contribution in [0.2, 0.25) is 0 Å². The van der Waals surface area contributed by atoms with Crippen molar-refractivity contribution in [1.82, 2.24) is 10.3 Å². The number of methoxy groups -OCH3 is 1. The number of hydrogen-bond acceptors (Lipinski definition) is 6. The summed E-state index contributed by atoms with van der Waals surface area (Å²) in [5.74, 6) is -1.96. The summed E-state index contributed by atoms with van der Waals surface area (Å²) in [5, 5.41) is 14.3. The Morgan fingerprint density at radius 1 is 0.971 bits per heavy atom. The minimum atomic E-state index is -1.64. The van der Waals surface area contributed by atoms with E-state index in [1.165, 1.54) is 32.2 Å². The summed E-state index contributed by atoms with van der Waals surface area (Å²) in [4.78, 5) is 40.7. The van der Waals surface area contributed by atoms with Crippen molar-refractivity contribution >= 4 is 23.8 Å². The van der Waals surface area contributed by atoms with Crippen LogP contribution in [0.3, 0.4) is 0 Å². The smallest absolute Gasteiger partial charge is 0.412 e. The number of nitrogens with zero attached hydrogens (tertiary/aromatic N) is 1. The van der Waals surface area contributed by atoms with Crippen LogP contribution in [0.1, 0.15) is 34.5 Å². The Balaban J connectivity index is 1.41. The molecule has 1 atom stereocenters. The third-order valence-electron chi connectivity index (χ3n) is 5.85. The molecule has 0 spiro atoms. The molecule has 0 fully saturated rings. The molecule has 9 heteroatoms. The quantitative estimate of drug-likeness (QED) is 0.454. The topological polar surface area (TPSA) is 127 Å². The number of anilines is 1. The molecule has 1 aliphatic carbocycles. The molecule has 1 aliphatic rings. The standard InChI is InChI=1S/C26H25N3O6/c1-26(15-34-2,24(31)32)29-23(30)21-12-7-13-22(27-21)28-25(33)35-14-20-18-10-5-3-8-16(18)17-9-4-6-11-19(17)20/h3-13,20H,14-15H2,1-2H3,(H,29,30)(H,31,32)(H,27,28,33). The van der Waals surface area contributed by atoms with Crippen molar-refractivity contribution in [2.45, 2.75) is 18.4 Å². The predicted octanol–water partition coefficient (Wildman–Crippen LogP) is 3.66. The van der Waals surface area contributed by atoms with Gasteiger partial charge in [0.15, 0.2) is 5.54 Å². The number of pyridine rings is 1. The van der Waals surface area contributed by atoms with Crippen LogP contribution in [0.4, 0.5) is 10.6 Å². The first-order chi connectivity index (χ1) is 16.8. The molecule has 9 nitrogen and oxygen atoms in total. The van der Waals surface area contributed by atoms with Crippen LogP contribution in [0.15, 0.2) is 66.7 Å². The summed E-state index contributed by atoms with van der Waals surface area (Å²) < 4.78 is 10.4. The highest BCUT2D eigenvalue weighted by Gasteiger charge is 2.35. The maximum absolute atomic E-state index is 12.6. The van der Waals surface area contributed by atoms with Gasteiger partial charge in [-0.05, 0) is 41.3 Å². The van der Waals surface area contributed by atoms with Gasteiger partial charge >= 0.3 is 12.1 Å². The number of ether oxygens (including phenoxy) is 2. The monoisotopic (exact) mass is 475 g/mol. The Labute approximate surface area is 202 Å². The van der Waals surface area contributed by atoms with Crippen LogP contribution < -0.4 is 10.6 Å². The molecular weight excluding hydrogens is 450 g/mol. The molecule has 1 heterocycles. The highest BCUT2D eigenvalue weighted by Crippen LogP contribution is 2.44. The summed E-state index contributed by atoms with van der Waals surface area (Å²) >= 11 is 0. The average Bonchev–Trinajstić information content (AvgIpc) is 3.16. The zero-order chi connectivity index (χ0) is 25.0. The number of nitrogens with one attached hydrogen (secondary N) is 2. The molecular formula is C26H25N3O6. The fraction of sp³-hybridized carbons (Fsp3) is 0.231. The van der Waals surface area contributed by atoms with Gasteiger partial charge in [-0.3, -0.25) is 10.1 Å². The number of carboxylic acids is 1. The Morgan fingerprint density at radius 3 is 2.20 bits per heavy atom. The van der Waals surface area contributed by atoms with Gasteiger partial charge in [-0.25, -0.2) is 14.6 Å². The van der Waals surface area contributed by atoms with Crippen LogP contribution >= 0.6 is 0 Å². The van der Waals surface area contributed by atoms with E-state index in [9.17, 15) is 19.5 Å². The maximum Gasteiger partial charge on any atom is 0.412 e. The number of aromatic nitrogens is 1. The molecule has 0 saturated heterocycles. The van der Waals surface area contributed by atoms with Crippen molar-refractivity contribution < 1.29 is 29.0 Å². The normalized spacial score (nSPS) is 13.8. The lowest BCUT2D eigenvalue weighted by molar-refractivity contribution is -0.145. The first kappa shape index (κ1) is 23.9. The highest BCUT2D eigenvalue weighted by molar-refractivity contribution is 5.97. The van der Waals surface area contributed by atoms with E-state index >= 15 is 0 Å². The largest absolute Gasteiger partial charge is 0.479 e. The second-order valence-electron chi connectivity index (χ2n) is 8.38. The Morgan fingerprint density at radius 2 is 1.60 bits per heavy atom. The first-order valence-electron chi connectivity index (χ1n) is 11.0. The molecule has 3 N–H and O–H groups in total. The van der Waals surface area contributed by atoms with E-state index in [0.717, 1.165) is 22.3 Å². The second-order valence-corrected chi connectivity index (χ2v) is 8.38. The number of benzene rings is 2. The summed E-state index contributed by atoms with van der Waals surface area (Å²) in [5.41, 5.74) is 2.74. The molecule has 35 heavy (non-hydrogen) atoms. The molecule has 0 saturated carbocycles. The van der Waals surface area contributed by atoms with Crippen LogP contribution in [0.25, 0.3) is 11.1 Å². The van der Waals surface area contributed by atoms with Gasteiger partial charge in [0.25, 0.3) is 5.91 Å². The third kappa shape index (κ3) is 4.99. The van der Waals surface area contributed by atoms with E-state index in [1.807, 2.05) is 36.4 Å². The van der Waals surface area contributed by atoms with E-state index < -0.39 is 23.5 Å². The third-order valence-corrected chi connectivity index (χ3v) is 5.85. The fourth-order valence-electron chi connectivity index (χ4n) is 4.12. The summed E-state index contributed by atoms with van der Waals surface area (Å²) in [6, 6.07) is 20.5. The number of hydrogen-bond donors (Lipinski definition) is 3. The number of amides is 2. The van der Waals surface area contributed by atoms with Gasteiger partial charge in [0.05, 0.1) is 6.61 Å². The number of fused-ring (bicyclic) bond motifs is 3. The number of rotatable bonds is 8. The van der Waals surface area contributed by atoms with Crippen molar-refractivity contribution in [3.05, 3.63) is 83.6 Å². The van der Waals surface area contributed by atoms with Gasteiger partial charge in [-0.15, -0.1) is 0 Å². The maximum atomic E-state index is 12.6. The molecule has 2 aromatic carbocycles. The summed E-state index contributed by atoms with van der Waals surface area (Å²) in [7, 11) is 1.34. The Hall–Kier alpha value is -4.24. The zero-order valence-corrected chi connectivity index (χ0v) is 19.3. The fourth-order valence-corrected chi connectivity index (χ4v) is 4.12. The summed E-state index contributed by atoms with van der Waals surface area (Å²) in [6.45, 7) is 1.23. The van der Waals surface area contributed by atoms with Gasteiger partial charge in [0.1, 0.15) is 18.1 Å². The number of carbonyl (C=O) groups is 3. The lowest BCUT2D eigenvalue weighted by atomic mass is 9.98. The zero-order valence-electron chi connectivity index (χ0n) is 19.3. The molecule has 0 bridgehead atoms. The van der Waals surface area contributed by atoms with Gasteiger partial charge in [-0.1, -0.05) is 54.6 Å². The highest BCUT2D eigenvalue weighted by atomic mass is 16.5. The van der Waals surface area contributed by atoms with Crippen molar-refractivity contribution in [2.75, 3.05) is 25.6 Å².